The zero-order valence-corrected chi connectivity index (χ0v) is 7.99. The highest BCUT2D eigenvalue weighted by Gasteiger charge is 2.17. The van der Waals surface area contributed by atoms with Crippen molar-refractivity contribution in [2.75, 3.05) is 0 Å². The highest BCUT2D eigenvalue weighted by Crippen LogP contribution is 2.26. The standard InChI is InChI=1S/C9H8N4O2/c1-12-6-10-5-8(12)7-3-2-4-11-9(7)13(14)15/h2-6H,1H3. The molecule has 76 valence electrons. The Morgan fingerprint density at radius 1 is 1.53 bits per heavy atom. The summed E-state index contributed by atoms with van der Waals surface area (Å²) in [6.07, 6.45) is 4.56. The lowest BCUT2D eigenvalue weighted by Crippen LogP contribution is -1.97. The maximum atomic E-state index is 10.7. The van der Waals surface area contributed by atoms with Gasteiger partial charge in [0.15, 0.2) is 0 Å². The molecule has 0 amide bonds. The molecule has 0 spiro atoms. The van der Waals surface area contributed by atoms with E-state index in [1.165, 1.54) is 6.20 Å². The number of hydrogen-bond acceptors (Lipinski definition) is 4. The number of hydrogen-bond donors (Lipinski definition) is 0. The summed E-state index contributed by atoms with van der Waals surface area (Å²) < 4.78 is 1.71. The lowest BCUT2D eigenvalue weighted by Gasteiger charge is -2.02. The highest BCUT2D eigenvalue weighted by atomic mass is 16.6. The third kappa shape index (κ3) is 1.56. The van der Waals surface area contributed by atoms with E-state index in [2.05, 4.69) is 9.97 Å². The van der Waals surface area contributed by atoms with Crippen LogP contribution in [0, 0.1) is 10.1 Å². The molecule has 2 heterocycles. The molecule has 0 aliphatic heterocycles. The number of aromatic nitrogens is 3. The number of rotatable bonds is 2. The molecule has 15 heavy (non-hydrogen) atoms. The molecule has 0 radical (unpaired) electrons. The van der Waals surface area contributed by atoms with Crippen LogP contribution in [0.1, 0.15) is 0 Å². The van der Waals surface area contributed by atoms with Crippen molar-refractivity contribution in [3.63, 3.8) is 0 Å². The van der Waals surface area contributed by atoms with Gasteiger partial charge in [0.05, 0.1) is 23.8 Å². The van der Waals surface area contributed by atoms with Gasteiger partial charge in [-0.3, -0.25) is 0 Å². The summed E-state index contributed by atoms with van der Waals surface area (Å²) in [5.41, 5.74) is 1.15. The fourth-order valence-corrected chi connectivity index (χ4v) is 1.36. The van der Waals surface area contributed by atoms with Crippen molar-refractivity contribution in [1.82, 2.24) is 14.5 Å². The van der Waals surface area contributed by atoms with E-state index in [0.29, 0.717) is 11.3 Å². The number of aryl methyl sites for hydroxylation is 1. The third-order valence-electron chi connectivity index (χ3n) is 2.05. The summed E-state index contributed by atoms with van der Waals surface area (Å²) in [7, 11) is 1.78. The Morgan fingerprint density at radius 2 is 2.33 bits per heavy atom. The van der Waals surface area contributed by atoms with Gasteiger partial charge in [-0.15, -0.1) is 0 Å². The average molecular weight is 204 g/mol. The van der Waals surface area contributed by atoms with Crippen LogP contribution in [0.5, 0.6) is 0 Å². The van der Waals surface area contributed by atoms with E-state index in [-0.39, 0.29) is 5.82 Å². The van der Waals surface area contributed by atoms with Crippen molar-refractivity contribution < 1.29 is 4.92 Å². The van der Waals surface area contributed by atoms with E-state index in [1.807, 2.05) is 0 Å². The predicted molar refractivity (Wildman–Crippen MR) is 53.1 cm³/mol. The summed E-state index contributed by atoms with van der Waals surface area (Å²) in [4.78, 5) is 17.9. The van der Waals surface area contributed by atoms with Crippen molar-refractivity contribution in [3.05, 3.63) is 41.0 Å². The zero-order valence-electron chi connectivity index (χ0n) is 7.99. The van der Waals surface area contributed by atoms with Crippen LogP contribution in [0.4, 0.5) is 5.82 Å². The molecular weight excluding hydrogens is 196 g/mol. The van der Waals surface area contributed by atoms with Gasteiger partial charge in [0.2, 0.25) is 0 Å². The maximum absolute atomic E-state index is 10.7. The van der Waals surface area contributed by atoms with Gasteiger partial charge in [0.25, 0.3) is 0 Å². The molecule has 2 aromatic rings. The summed E-state index contributed by atoms with van der Waals surface area (Å²) in [6, 6.07) is 3.32. The van der Waals surface area contributed by atoms with Gasteiger partial charge >= 0.3 is 5.82 Å². The minimum absolute atomic E-state index is 0.152. The topological polar surface area (TPSA) is 73.8 Å². The first kappa shape index (κ1) is 9.32. The van der Waals surface area contributed by atoms with Crippen molar-refractivity contribution in [1.29, 1.82) is 0 Å². The third-order valence-corrected chi connectivity index (χ3v) is 2.05. The van der Waals surface area contributed by atoms with Crippen LogP contribution in [0.25, 0.3) is 11.3 Å². The molecule has 0 aliphatic carbocycles. The molecule has 0 atom stereocenters. The van der Waals surface area contributed by atoms with Gasteiger partial charge in [-0.1, -0.05) is 0 Å². The molecule has 2 rings (SSSR count). The molecule has 0 N–H and O–H groups in total. The fourth-order valence-electron chi connectivity index (χ4n) is 1.36. The Bertz CT molecular complexity index is 506. The average Bonchev–Trinajstić information content (AvgIpc) is 2.64. The second kappa shape index (κ2) is 3.49. The second-order valence-corrected chi connectivity index (χ2v) is 3.02. The summed E-state index contributed by atoms with van der Waals surface area (Å²) >= 11 is 0. The minimum Gasteiger partial charge on any atom is -0.358 e. The lowest BCUT2D eigenvalue weighted by molar-refractivity contribution is -0.388. The number of nitro groups is 1. The largest absolute Gasteiger partial charge is 0.372 e. The van der Waals surface area contributed by atoms with Gasteiger partial charge in [0, 0.05) is 7.05 Å². The van der Waals surface area contributed by atoms with Crippen molar-refractivity contribution in [3.8, 4) is 11.3 Å². The second-order valence-electron chi connectivity index (χ2n) is 3.02. The Kier molecular flexibility index (Phi) is 2.17. The summed E-state index contributed by atoms with van der Waals surface area (Å²) in [6.45, 7) is 0. The Labute approximate surface area is 85.4 Å². The monoisotopic (exact) mass is 204 g/mol. The van der Waals surface area contributed by atoms with Gasteiger partial charge in [-0.2, -0.15) is 0 Å². The van der Waals surface area contributed by atoms with Gasteiger partial charge in [-0.25, -0.2) is 4.98 Å². The first-order valence-electron chi connectivity index (χ1n) is 4.26. The van der Waals surface area contributed by atoms with Crippen LogP contribution in [0.2, 0.25) is 0 Å². The van der Waals surface area contributed by atoms with Crippen LogP contribution in [0.15, 0.2) is 30.9 Å². The van der Waals surface area contributed by atoms with E-state index < -0.39 is 4.92 Å². The van der Waals surface area contributed by atoms with Crippen LogP contribution in [-0.2, 0) is 7.05 Å². The molecule has 6 nitrogen and oxygen atoms in total. The van der Waals surface area contributed by atoms with Crippen LogP contribution in [-0.4, -0.2) is 19.5 Å². The van der Waals surface area contributed by atoms with E-state index in [1.54, 1.807) is 36.3 Å². The molecule has 2 aromatic heterocycles. The summed E-state index contributed by atoms with van der Waals surface area (Å²) in [5, 5.41) is 10.7. The summed E-state index contributed by atoms with van der Waals surface area (Å²) in [5.74, 6) is -0.152. The van der Waals surface area contributed by atoms with Gasteiger partial charge in [-0.05, 0) is 22.0 Å². The van der Waals surface area contributed by atoms with Crippen molar-refractivity contribution >= 4 is 5.82 Å². The zero-order chi connectivity index (χ0) is 10.8. The SMILES string of the molecule is Cn1cncc1-c1cccnc1[N+](=O)[O-]. The van der Waals surface area contributed by atoms with Gasteiger partial charge in [0.1, 0.15) is 6.20 Å². The molecule has 0 saturated heterocycles. The molecule has 0 aliphatic rings. The van der Waals surface area contributed by atoms with E-state index in [4.69, 9.17) is 0 Å². The fraction of sp³-hybridized carbons (Fsp3) is 0.111. The Morgan fingerprint density at radius 3 is 2.93 bits per heavy atom. The molecule has 0 fully saturated rings. The molecule has 0 aromatic carbocycles. The van der Waals surface area contributed by atoms with E-state index in [9.17, 15) is 10.1 Å². The molecule has 0 unspecified atom stereocenters. The quantitative estimate of drug-likeness (QED) is 0.547. The minimum atomic E-state index is -0.498. The first-order valence-corrected chi connectivity index (χ1v) is 4.26. The number of pyridine rings is 1. The predicted octanol–water partition coefficient (Wildman–Crippen LogP) is 1.39. The Hall–Kier alpha value is -2.24. The molecule has 0 bridgehead atoms. The Balaban J connectivity index is 2.63. The van der Waals surface area contributed by atoms with Crippen molar-refractivity contribution in [2.24, 2.45) is 7.05 Å². The van der Waals surface area contributed by atoms with E-state index in [0.717, 1.165) is 0 Å². The number of imidazole rings is 1. The molecule has 6 heteroatoms. The molecular formula is C9H8N4O2. The van der Waals surface area contributed by atoms with Gasteiger partial charge < -0.3 is 14.7 Å². The van der Waals surface area contributed by atoms with Crippen LogP contribution >= 0.6 is 0 Å². The van der Waals surface area contributed by atoms with Crippen LogP contribution < -0.4 is 0 Å². The highest BCUT2D eigenvalue weighted by molar-refractivity contribution is 5.67. The number of nitrogens with zero attached hydrogens (tertiary/aromatic N) is 4. The maximum Gasteiger partial charge on any atom is 0.372 e. The molecule has 0 saturated carbocycles. The van der Waals surface area contributed by atoms with Crippen LogP contribution in [0.3, 0.4) is 0 Å². The normalized spacial score (nSPS) is 10.2. The first-order chi connectivity index (χ1) is 7.20. The smallest absolute Gasteiger partial charge is 0.358 e. The van der Waals surface area contributed by atoms with E-state index >= 15 is 0 Å². The lowest BCUT2D eigenvalue weighted by atomic mass is 10.2. The van der Waals surface area contributed by atoms with Crippen molar-refractivity contribution in [2.45, 2.75) is 0 Å².